The van der Waals surface area contributed by atoms with Crippen LogP contribution in [0, 0.1) is 6.92 Å². The lowest BCUT2D eigenvalue weighted by atomic mass is 10.2. The van der Waals surface area contributed by atoms with Crippen molar-refractivity contribution in [2.45, 2.75) is 37.3 Å². The number of hydrogen-bond donors (Lipinski definition) is 1. The minimum atomic E-state index is -4.14. The quantitative estimate of drug-likeness (QED) is 0.473. The predicted octanol–water partition coefficient (Wildman–Crippen LogP) is 4.53. The van der Waals surface area contributed by atoms with Gasteiger partial charge in [-0.2, -0.15) is 4.31 Å². The fourth-order valence-corrected chi connectivity index (χ4v) is 6.59. The Hall–Kier alpha value is -1.85. The van der Waals surface area contributed by atoms with E-state index in [2.05, 4.69) is 20.9 Å². The van der Waals surface area contributed by atoms with E-state index in [9.17, 15) is 18.3 Å². The average molecular weight is 563 g/mol. The molecule has 1 aliphatic heterocycles. The van der Waals surface area contributed by atoms with Gasteiger partial charge in [-0.15, -0.1) is 0 Å². The molecule has 170 valence electrons. The Morgan fingerprint density at radius 1 is 1.34 bits per heavy atom. The zero-order valence-electron chi connectivity index (χ0n) is 16.8. The number of aliphatic carboxylic acids is 1. The lowest BCUT2D eigenvalue weighted by Gasteiger charge is -2.22. The molecule has 1 atom stereocenters. The number of aryl methyl sites for hydroxylation is 1. The number of hydrogen-bond acceptors (Lipinski definition) is 5. The van der Waals surface area contributed by atoms with Gasteiger partial charge in [-0.05, 0) is 60.0 Å². The minimum absolute atomic E-state index is 0.0961. The fraction of sp³-hybridized carbons (Fsp3) is 0.300. The van der Waals surface area contributed by atoms with Gasteiger partial charge in [0.2, 0.25) is 10.0 Å². The molecule has 1 aromatic carbocycles. The molecule has 0 saturated carbocycles. The third-order valence-electron chi connectivity index (χ3n) is 5.31. The summed E-state index contributed by atoms with van der Waals surface area (Å²) in [7, 11) is -4.14. The summed E-state index contributed by atoms with van der Waals surface area (Å²) in [5, 5.41) is 9.53. The number of ether oxygens (including phenoxy) is 1. The zero-order chi connectivity index (χ0) is 23.2. The highest BCUT2D eigenvalue weighted by atomic mass is 79.9. The van der Waals surface area contributed by atoms with E-state index < -0.39 is 22.0 Å². The Kier molecular flexibility index (Phi) is 6.43. The highest BCUT2D eigenvalue weighted by Gasteiger charge is 2.40. The van der Waals surface area contributed by atoms with Crippen LogP contribution in [0.15, 0.2) is 40.0 Å². The number of imidazole rings is 1. The third kappa shape index (κ3) is 3.99. The van der Waals surface area contributed by atoms with Gasteiger partial charge < -0.3 is 9.84 Å². The second kappa shape index (κ2) is 8.83. The molecule has 4 rings (SSSR count). The zero-order valence-corrected chi connectivity index (χ0v) is 20.7. The van der Waals surface area contributed by atoms with Gasteiger partial charge in [-0.25, -0.2) is 13.4 Å². The molecule has 1 N–H and O–H groups in total. The number of nitrogens with zero attached hydrogens (tertiary/aromatic N) is 3. The van der Waals surface area contributed by atoms with Crippen molar-refractivity contribution in [3.63, 3.8) is 0 Å². The number of rotatable bonds is 6. The molecular formula is C20H18BrCl2N3O5S. The molecule has 1 saturated heterocycles. The fourth-order valence-electron chi connectivity index (χ4n) is 3.70. The molecule has 0 radical (unpaired) electrons. The van der Waals surface area contributed by atoms with Crippen LogP contribution in [-0.2, 0) is 21.4 Å². The first-order valence-corrected chi connectivity index (χ1v) is 12.6. The van der Waals surface area contributed by atoms with Crippen molar-refractivity contribution < 1.29 is 23.1 Å². The van der Waals surface area contributed by atoms with Crippen molar-refractivity contribution in [3.8, 4) is 5.75 Å². The Morgan fingerprint density at radius 3 is 2.81 bits per heavy atom. The van der Waals surface area contributed by atoms with Crippen LogP contribution in [-0.4, -0.2) is 45.8 Å². The maximum absolute atomic E-state index is 13.2. The van der Waals surface area contributed by atoms with Crippen molar-refractivity contribution in [2.24, 2.45) is 0 Å². The van der Waals surface area contributed by atoms with Crippen LogP contribution in [0.3, 0.4) is 0 Å². The van der Waals surface area contributed by atoms with E-state index >= 15 is 0 Å². The summed E-state index contributed by atoms with van der Waals surface area (Å²) in [6.07, 6.45) is 2.54. The lowest BCUT2D eigenvalue weighted by Crippen LogP contribution is -2.40. The Bertz CT molecular complexity index is 1330. The van der Waals surface area contributed by atoms with Gasteiger partial charge in [-0.1, -0.05) is 23.2 Å². The van der Waals surface area contributed by atoms with Crippen LogP contribution in [0.5, 0.6) is 5.75 Å². The van der Waals surface area contributed by atoms with E-state index in [4.69, 9.17) is 27.9 Å². The molecule has 3 heterocycles. The number of benzene rings is 1. The highest BCUT2D eigenvalue weighted by Crippen LogP contribution is 2.36. The Labute approximate surface area is 202 Å². The van der Waals surface area contributed by atoms with Gasteiger partial charge in [0, 0.05) is 23.3 Å². The molecule has 8 nitrogen and oxygen atoms in total. The summed E-state index contributed by atoms with van der Waals surface area (Å²) in [5.74, 6) is -0.721. The highest BCUT2D eigenvalue weighted by molar-refractivity contribution is 9.10. The van der Waals surface area contributed by atoms with Crippen molar-refractivity contribution in [2.75, 3.05) is 6.54 Å². The van der Waals surface area contributed by atoms with Crippen molar-refractivity contribution in [1.82, 2.24) is 13.7 Å². The first-order chi connectivity index (χ1) is 15.1. The summed E-state index contributed by atoms with van der Waals surface area (Å²) in [5.41, 5.74) is 1.64. The molecule has 32 heavy (non-hydrogen) atoms. The molecule has 3 aromatic rings. The molecule has 0 aliphatic carbocycles. The van der Waals surface area contributed by atoms with E-state index in [0.717, 1.165) is 14.6 Å². The number of sulfonamides is 1. The summed E-state index contributed by atoms with van der Waals surface area (Å²) in [4.78, 5) is 15.8. The van der Waals surface area contributed by atoms with Gasteiger partial charge in [0.25, 0.3) is 0 Å². The van der Waals surface area contributed by atoms with Gasteiger partial charge in [-0.3, -0.25) is 9.20 Å². The molecule has 1 aliphatic rings. The van der Waals surface area contributed by atoms with Crippen LogP contribution in [0.1, 0.15) is 24.1 Å². The maximum Gasteiger partial charge on any atom is 0.322 e. The monoisotopic (exact) mass is 561 g/mol. The summed E-state index contributed by atoms with van der Waals surface area (Å²) in [6, 6.07) is 5.11. The maximum atomic E-state index is 13.2. The van der Waals surface area contributed by atoms with Crippen LogP contribution in [0.2, 0.25) is 10.0 Å². The summed E-state index contributed by atoms with van der Waals surface area (Å²) < 4.78 is 35.9. The lowest BCUT2D eigenvalue weighted by molar-refractivity contribution is -0.140. The van der Waals surface area contributed by atoms with Gasteiger partial charge in [0.1, 0.15) is 22.1 Å². The van der Waals surface area contributed by atoms with Crippen LogP contribution < -0.4 is 4.74 Å². The SMILES string of the molecule is Cc1nc2c(OCc3c(Cl)ccc(S(=O)(=O)N4CCC[C@H]4C(=O)O)c3Cl)cccn2c1Br. The van der Waals surface area contributed by atoms with Crippen molar-refractivity contribution >= 4 is 60.8 Å². The largest absolute Gasteiger partial charge is 0.485 e. The van der Waals surface area contributed by atoms with Crippen LogP contribution >= 0.6 is 39.1 Å². The van der Waals surface area contributed by atoms with E-state index in [0.29, 0.717) is 17.8 Å². The second-order valence-corrected chi connectivity index (χ2v) is 10.7. The molecule has 0 amide bonds. The van der Waals surface area contributed by atoms with Gasteiger partial charge in [0.15, 0.2) is 11.4 Å². The van der Waals surface area contributed by atoms with E-state index in [1.54, 1.807) is 12.1 Å². The van der Waals surface area contributed by atoms with E-state index in [1.165, 1.54) is 12.1 Å². The molecule has 12 heteroatoms. The average Bonchev–Trinajstić information content (AvgIpc) is 3.34. The summed E-state index contributed by atoms with van der Waals surface area (Å²) >= 11 is 16.3. The number of halogens is 3. The normalized spacial score (nSPS) is 17.2. The summed E-state index contributed by atoms with van der Waals surface area (Å²) in [6.45, 7) is 1.86. The van der Waals surface area contributed by atoms with Crippen molar-refractivity contribution in [3.05, 3.63) is 56.4 Å². The molecular weight excluding hydrogens is 545 g/mol. The number of fused-ring (bicyclic) bond motifs is 1. The molecule has 1 fully saturated rings. The number of pyridine rings is 1. The Balaban J connectivity index is 1.68. The molecule has 0 spiro atoms. The van der Waals surface area contributed by atoms with Crippen LogP contribution in [0.25, 0.3) is 5.65 Å². The molecule has 2 aromatic heterocycles. The second-order valence-electron chi connectivity index (χ2n) is 7.29. The number of carboxylic acid groups (broad SMARTS) is 1. The van der Waals surface area contributed by atoms with Gasteiger partial charge in [0.05, 0.1) is 10.7 Å². The smallest absolute Gasteiger partial charge is 0.322 e. The van der Waals surface area contributed by atoms with Gasteiger partial charge >= 0.3 is 5.97 Å². The van der Waals surface area contributed by atoms with E-state index in [1.807, 2.05) is 17.5 Å². The topological polar surface area (TPSA) is 101 Å². The predicted molar refractivity (Wildman–Crippen MR) is 123 cm³/mol. The standard InChI is InChI=1S/C20H18BrCl2N3O5S/c1-11-18(21)25-8-3-5-15(19(25)24-11)31-10-12-13(22)6-7-16(17(12)23)32(29,30)26-9-2-4-14(26)20(27)28/h3,5-8,14H,2,4,9-10H2,1H3,(H,27,28)/t14-/m0/s1. The number of aromatic nitrogens is 2. The molecule has 0 bridgehead atoms. The number of carbonyl (C=O) groups is 1. The van der Waals surface area contributed by atoms with Crippen molar-refractivity contribution in [1.29, 1.82) is 0 Å². The first-order valence-electron chi connectivity index (χ1n) is 9.60. The third-order valence-corrected chi connectivity index (χ3v) is 9.12. The van der Waals surface area contributed by atoms with Crippen LogP contribution in [0.4, 0.5) is 0 Å². The Morgan fingerprint density at radius 2 is 2.09 bits per heavy atom. The first kappa shape index (κ1) is 23.3. The molecule has 0 unspecified atom stereocenters. The van der Waals surface area contributed by atoms with E-state index in [-0.39, 0.29) is 40.1 Å². The minimum Gasteiger partial charge on any atom is -0.485 e. The number of carboxylic acids is 1.